The predicted molar refractivity (Wildman–Crippen MR) is 300 cm³/mol. The van der Waals surface area contributed by atoms with Gasteiger partial charge in [0.2, 0.25) is 0 Å². The van der Waals surface area contributed by atoms with E-state index in [-0.39, 0.29) is 23.8 Å². The van der Waals surface area contributed by atoms with Crippen LogP contribution in [-0.4, -0.2) is 4.57 Å². The topological polar surface area (TPSA) is 54.7 Å². The van der Waals surface area contributed by atoms with Crippen molar-refractivity contribution in [3.8, 4) is 56.3 Å². The highest BCUT2D eigenvalue weighted by atomic mass is 32.1. The van der Waals surface area contributed by atoms with Gasteiger partial charge in [0.25, 0.3) is 0 Å². The summed E-state index contributed by atoms with van der Waals surface area (Å²) >= 11 is 1.90. The van der Waals surface area contributed by atoms with E-state index < -0.39 is 0 Å². The maximum atomic E-state index is 10.7. The van der Waals surface area contributed by atoms with E-state index in [4.69, 9.17) is 5.73 Å². The highest BCUT2D eigenvalue weighted by Crippen LogP contribution is 2.56. The van der Waals surface area contributed by atoms with Gasteiger partial charge in [0.1, 0.15) is 0 Å². The van der Waals surface area contributed by atoms with E-state index >= 15 is 0 Å². The molecule has 9 aromatic carbocycles. The molecule has 0 fully saturated rings. The lowest BCUT2D eigenvalue weighted by atomic mass is 9.71. The average molecular weight is 934 g/mol. The maximum absolute atomic E-state index is 10.7. The second-order valence-electron chi connectivity index (χ2n) is 20.8. The van der Waals surface area contributed by atoms with E-state index in [2.05, 4.69) is 209 Å². The Morgan fingerprint density at radius 2 is 1.24 bits per heavy atom. The normalized spacial score (nSPS) is 14.5. The van der Waals surface area contributed by atoms with Crippen LogP contribution in [0.5, 0.6) is 0 Å². The lowest BCUT2D eigenvalue weighted by Gasteiger charge is -2.35. The Bertz CT molecular complexity index is 4040. The summed E-state index contributed by atoms with van der Waals surface area (Å²) in [7, 11) is 0. The van der Waals surface area contributed by atoms with Gasteiger partial charge in [-0.3, -0.25) is 0 Å². The third-order valence-electron chi connectivity index (χ3n) is 15.8. The third kappa shape index (κ3) is 6.71. The predicted octanol–water partition coefficient (Wildman–Crippen LogP) is 17.7. The van der Waals surface area contributed by atoms with Crippen LogP contribution in [0, 0.1) is 11.3 Å². The van der Waals surface area contributed by atoms with Gasteiger partial charge in [-0.15, -0.1) is 11.3 Å². The molecule has 0 amide bonds. The minimum Gasteiger partial charge on any atom is -0.324 e. The molecule has 2 aliphatic rings. The van der Waals surface area contributed by atoms with Crippen LogP contribution in [0.3, 0.4) is 0 Å². The summed E-state index contributed by atoms with van der Waals surface area (Å²) in [5.41, 5.74) is 32.0. The lowest BCUT2D eigenvalue weighted by Crippen LogP contribution is -2.18. The molecule has 2 aromatic heterocycles. The van der Waals surface area contributed by atoms with Crippen molar-refractivity contribution in [1.82, 2.24) is 4.57 Å². The Labute approximate surface area is 420 Å². The van der Waals surface area contributed by atoms with Crippen LogP contribution < -0.4 is 5.73 Å². The van der Waals surface area contributed by atoms with Gasteiger partial charge in [-0.1, -0.05) is 161 Å². The minimum atomic E-state index is -0.154. The molecule has 4 heteroatoms. The van der Waals surface area contributed by atoms with Crippen LogP contribution in [0.1, 0.15) is 108 Å². The monoisotopic (exact) mass is 933 g/mol. The Morgan fingerprint density at radius 3 is 2.00 bits per heavy atom. The van der Waals surface area contributed by atoms with E-state index in [0.717, 1.165) is 30.4 Å². The van der Waals surface area contributed by atoms with Crippen molar-refractivity contribution in [3.63, 3.8) is 0 Å². The molecule has 13 rings (SSSR count). The van der Waals surface area contributed by atoms with E-state index in [1.807, 2.05) is 17.4 Å². The number of aromatic nitrogens is 1. The molecule has 2 aliphatic carbocycles. The van der Waals surface area contributed by atoms with Gasteiger partial charge in [-0.05, 0) is 164 Å². The van der Waals surface area contributed by atoms with Gasteiger partial charge in [0.15, 0.2) is 0 Å². The van der Waals surface area contributed by atoms with Gasteiger partial charge in [-0.2, -0.15) is 5.26 Å². The summed E-state index contributed by atoms with van der Waals surface area (Å²) in [6.07, 6.45) is 2.61. The van der Waals surface area contributed by atoms with Crippen molar-refractivity contribution in [2.24, 2.45) is 5.73 Å². The van der Waals surface area contributed by atoms with Crippen LogP contribution >= 0.6 is 11.3 Å². The Morgan fingerprint density at radius 1 is 0.563 bits per heavy atom. The first kappa shape index (κ1) is 43.5. The number of nitriles is 1. The fourth-order valence-corrected chi connectivity index (χ4v) is 14.1. The first-order valence-electron chi connectivity index (χ1n) is 25.4. The van der Waals surface area contributed by atoms with Crippen LogP contribution in [-0.2, 0) is 19.3 Å². The van der Waals surface area contributed by atoms with Crippen molar-refractivity contribution in [3.05, 3.63) is 220 Å². The van der Waals surface area contributed by atoms with Crippen molar-refractivity contribution in [2.75, 3.05) is 0 Å². The largest absolute Gasteiger partial charge is 0.324 e. The SMILES string of the molecule is CC(C)c1c(-c2cccc(C#N)c2)c(C2Cc3ccccc3-c3ccc4sc5ccccc5c4c3C2)c(-c2cccc(C(C)N)c2)c(C(C)C)c1-n1c2ccccc2c2ccc3c(c21)-c1ccccc1C3. The van der Waals surface area contributed by atoms with Gasteiger partial charge in [-0.25, -0.2) is 0 Å². The molecule has 2 unspecified atom stereocenters. The maximum Gasteiger partial charge on any atom is 0.0991 e. The summed E-state index contributed by atoms with van der Waals surface area (Å²) in [6.45, 7) is 11.7. The summed E-state index contributed by atoms with van der Waals surface area (Å²) in [4.78, 5) is 0. The Kier molecular flexibility index (Phi) is 10.3. The number of rotatable bonds is 7. The van der Waals surface area contributed by atoms with Gasteiger partial charge < -0.3 is 10.3 Å². The molecule has 2 atom stereocenters. The number of benzene rings is 9. The van der Waals surface area contributed by atoms with Crippen LogP contribution in [0.2, 0.25) is 0 Å². The number of hydrogen-bond acceptors (Lipinski definition) is 3. The van der Waals surface area contributed by atoms with E-state index in [0.29, 0.717) is 5.56 Å². The number of nitrogens with two attached hydrogens (primary N) is 1. The summed E-state index contributed by atoms with van der Waals surface area (Å²) in [5, 5.41) is 15.9. The molecule has 3 nitrogen and oxygen atoms in total. The average Bonchev–Trinajstić information content (AvgIpc) is 4.04. The van der Waals surface area contributed by atoms with Crippen LogP contribution in [0.4, 0.5) is 0 Å². The minimum absolute atomic E-state index is 0.0506. The standard InChI is InChI=1S/C67H55N3S/c1-38(2)59-62(45-20-14-16-41(32-45)37-68)64(48-35-43-17-6-8-22-49(43)51-30-31-58-65(55(51)36-48)54-25-11-13-27-57(54)71-58)63(46-21-15-19-42(33-46)40(5)69)60(39(3)4)67(59)70-56-26-12-10-24-52(56)53-29-28-47-34-44-18-7-9-23-50(44)61(47)66(53)70/h6-33,38-40,48H,34-36,69H2,1-5H3. The molecule has 2 heterocycles. The molecule has 0 bridgehead atoms. The van der Waals surface area contributed by atoms with Gasteiger partial charge in [0.05, 0.1) is 28.4 Å². The highest BCUT2D eigenvalue weighted by molar-refractivity contribution is 7.25. The molecule has 344 valence electrons. The zero-order valence-electron chi connectivity index (χ0n) is 41.0. The number of nitrogens with zero attached hydrogens (tertiary/aromatic N) is 2. The van der Waals surface area contributed by atoms with Crippen molar-refractivity contribution in [2.45, 2.75) is 77.7 Å². The molecular formula is C67H55N3S. The quantitative estimate of drug-likeness (QED) is 0.173. The molecule has 0 aliphatic heterocycles. The first-order chi connectivity index (χ1) is 34.7. The highest BCUT2D eigenvalue weighted by Gasteiger charge is 2.37. The zero-order chi connectivity index (χ0) is 48.2. The molecule has 11 aromatic rings. The second kappa shape index (κ2) is 16.8. The fraction of sp³-hybridized carbons (Fsp3) is 0.179. The van der Waals surface area contributed by atoms with E-state index in [9.17, 15) is 5.26 Å². The molecule has 71 heavy (non-hydrogen) atoms. The molecule has 0 saturated heterocycles. The van der Waals surface area contributed by atoms with Gasteiger partial charge in [0, 0.05) is 42.6 Å². The van der Waals surface area contributed by atoms with Crippen molar-refractivity contribution < 1.29 is 0 Å². The summed E-state index contributed by atoms with van der Waals surface area (Å²) in [5.74, 6) is 0.243. The molecule has 0 spiro atoms. The Hall–Kier alpha value is -7.55. The fourth-order valence-electron chi connectivity index (χ4n) is 12.9. The lowest BCUT2D eigenvalue weighted by molar-refractivity contribution is 0.687. The summed E-state index contributed by atoms with van der Waals surface area (Å²) in [6, 6.07) is 65.8. The molecule has 0 radical (unpaired) electrons. The summed E-state index contributed by atoms with van der Waals surface area (Å²) < 4.78 is 5.34. The molecule has 0 saturated carbocycles. The second-order valence-corrected chi connectivity index (χ2v) is 21.8. The van der Waals surface area contributed by atoms with Crippen LogP contribution in [0.15, 0.2) is 170 Å². The molecule has 2 N–H and O–H groups in total. The van der Waals surface area contributed by atoms with E-state index in [1.54, 1.807) is 0 Å². The third-order valence-corrected chi connectivity index (χ3v) is 17.0. The van der Waals surface area contributed by atoms with Crippen molar-refractivity contribution >= 4 is 53.3 Å². The number of thiophene rings is 1. The number of fused-ring (bicyclic) bond motifs is 14. The van der Waals surface area contributed by atoms with E-state index in [1.165, 1.54) is 126 Å². The van der Waals surface area contributed by atoms with Crippen LogP contribution in [0.25, 0.3) is 92.2 Å². The number of para-hydroxylation sites is 1. The molecular weight excluding hydrogens is 879 g/mol. The van der Waals surface area contributed by atoms with Gasteiger partial charge >= 0.3 is 0 Å². The van der Waals surface area contributed by atoms with Crippen molar-refractivity contribution in [1.29, 1.82) is 5.26 Å². The Balaban J connectivity index is 1.26. The first-order valence-corrected chi connectivity index (χ1v) is 26.2. The zero-order valence-corrected chi connectivity index (χ0v) is 41.8. The smallest absolute Gasteiger partial charge is 0.0991 e. The number of hydrogen-bond donors (Lipinski definition) is 1.